The molecular formula is C16H25N3O4S. The van der Waals surface area contributed by atoms with Crippen LogP contribution in [0.1, 0.15) is 26.2 Å². The molecule has 1 heterocycles. The first-order chi connectivity index (χ1) is 11.4. The summed E-state index contributed by atoms with van der Waals surface area (Å²) in [5.74, 6) is 0. The molecule has 1 fully saturated rings. The number of hydrogen-bond acceptors (Lipinski definition) is 4. The van der Waals surface area contributed by atoms with Crippen molar-refractivity contribution in [3.05, 3.63) is 24.3 Å². The Bertz CT molecular complexity index is 657. The summed E-state index contributed by atoms with van der Waals surface area (Å²) in [5.41, 5.74) is 0.957. The van der Waals surface area contributed by atoms with Crippen LogP contribution in [0.2, 0.25) is 0 Å². The molecule has 2 rings (SSSR count). The molecule has 0 aromatic heterocycles. The predicted octanol–water partition coefficient (Wildman–Crippen LogP) is 2.48. The van der Waals surface area contributed by atoms with Gasteiger partial charge in [-0.1, -0.05) is 13.0 Å². The zero-order valence-corrected chi connectivity index (χ0v) is 14.9. The van der Waals surface area contributed by atoms with Gasteiger partial charge in [0.2, 0.25) is 10.0 Å². The Morgan fingerprint density at radius 3 is 2.75 bits per heavy atom. The minimum atomic E-state index is -3.35. The predicted molar refractivity (Wildman–Crippen MR) is 94.8 cm³/mol. The quantitative estimate of drug-likeness (QED) is 0.786. The smallest absolute Gasteiger partial charge is 0.321 e. The van der Waals surface area contributed by atoms with Gasteiger partial charge in [-0.2, -0.15) is 0 Å². The second-order valence-electron chi connectivity index (χ2n) is 5.97. The molecule has 24 heavy (non-hydrogen) atoms. The minimum absolute atomic E-state index is 0.0977. The Morgan fingerprint density at radius 2 is 2.12 bits per heavy atom. The number of urea groups is 1. The number of rotatable bonds is 7. The van der Waals surface area contributed by atoms with Crippen LogP contribution in [0.3, 0.4) is 0 Å². The maximum absolute atomic E-state index is 12.5. The van der Waals surface area contributed by atoms with Crippen LogP contribution in [0, 0.1) is 0 Å². The molecule has 1 saturated heterocycles. The summed E-state index contributed by atoms with van der Waals surface area (Å²) in [6, 6.07) is 6.43. The highest BCUT2D eigenvalue weighted by Gasteiger charge is 2.22. The second kappa shape index (κ2) is 8.34. The molecule has 134 valence electrons. The number of benzene rings is 1. The lowest BCUT2D eigenvalue weighted by molar-refractivity contribution is 0.0836. The van der Waals surface area contributed by atoms with Gasteiger partial charge in [0.25, 0.3) is 0 Å². The third-order valence-electron chi connectivity index (χ3n) is 3.65. The first-order valence-corrected chi connectivity index (χ1v) is 10.0. The minimum Gasteiger partial charge on any atom is -0.376 e. The molecule has 1 aromatic rings. The molecule has 0 aliphatic carbocycles. The first-order valence-electron chi connectivity index (χ1n) is 8.13. The summed E-state index contributed by atoms with van der Waals surface area (Å²) in [7, 11) is -3.35. The van der Waals surface area contributed by atoms with Crippen LogP contribution in [0.15, 0.2) is 24.3 Å². The summed E-state index contributed by atoms with van der Waals surface area (Å²) >= 11 is 0. The Labute approximate surface area is 143 Å². The van der Waals surface area contributed by atoms with Gasteiger partial charge in [-0.05, 0) is 37.5 Å². The number of carbonyl (C=O) groups is 1. The van der Waals surface area contributed by atoms with Crippen LogP contribution in [0.4, 0.5) is 16.2 Å². The van der Waals surface area contributed by atoms with Crippen LogP contribution >= 0.6 is 0 Å². The summed E-state index contributed by atoms with van der Waals surface area (Å²) in [4.78, 5) is 14.3. The highest BCUT2D eigenvalue weighted by molar-refractivity contribution is 7.92. The highest BCUT2D eigenvalue weighted by atomic mass is 32.2. The fourth-order valence-electron chi connectivity index (χ4n) is 2.66. The molecule has 2 amide bonds. The number of nitrogens with zero attached hydrogens (tertiary/aromatic N) is 1. The number of ether oxygens (including phenoxy) is 1. The fraction of sp³-hybridized carbons (Fsp3) is 0.562. The molecule has 0 saturated carbocycles. The van der Waals surface area contributed by atoms with Crippen molar-refractivity contribution in [3.8, 4) is 0 Å². The number of nitrogens with one attached hydrogen (secondary N) is 2. The van der Waals surface area contributed by atoms with Crippen LogP contribution in [0.5, 0.6) is 0 Å². The van der Waals surface area contributed by atoms with E-state index in [9.17, 15) is 13.2 Å². The molecule has 7 nitrogen and oxygen atoms in total. The monoisotopic (exact) mass is 355 g/mol. The van der Waals surface area contributed by atoms with Crippen LogP contribution in [0.25, 0.3) is 0 Å². The molecule has 0 unspecified atom stereocenters. The van der Waals surface area contributed by atoms with Crippen molar-refractivity contribution in [1.29, 1.82) is 0 Å². The maximum atomic E-state index is 12.5. The van der Waals surface area contributed by atoms with Crippen LogP contribution in [-0.4, -0.2) is 51.4 Å². The van der Waals surface area contributed by atoms with E-state index in [1.807, 2.05) is 6.92 Å². The largest absolute Gasteiger partial charge is 0.376 e. The molecule has 1 aliphatic rings. The van der Waals surface area contributed by atoms with Crippen molar-refractivity contribution < 1.29 is 17.9 Å². The van der Waals surface area contributed by atoms with E-state index in [2.05, 4.69) is 10.0 Å². The van der Waals surface area contributed by atoms with Gasteiger partial charge in [-0.15, -0.1) is 0 Å². The van der Waals surface area contributed by atoms with E-state index < -0.39 is 10.0 Å². The van der Waals surface area contributed by atoms with Crippen LogP contribution in [-0.2, 0) is 14.8 Å². The third kappa shape index (κ3) is 6.01. The number of amides is 2. The van der Waals surface area contributed by atoms with E-state index in [0.717, 1.165) is 32.1 Å². The SMILES string of the molecule is CCCN(C[C@@H]1CCCO1)C(=O)Nc1cccc(NS(C)(=O)=O)c1. The molecule has 1 aromatic carbocycles. The van der Waals surface area contributed by atoms with E-state index in [1.165, 1.54) is 0 Å². The Balaban J connectivity index is 2.01. The van der Waals surface area contributed by atoms with Gasteiger partial charge in [-0.25, -0.2) is 13.2 Å². The summed E-state index contributed by atoms with van der Waals surface area (Å²) in [6.07, 6.45) is 4.05. The van der Waals surface area contributed by atoms with E-state index in [1.54, 1.807) is 29.2 Å². The molecular weight excluding hydrogens is 330 g/mol. The lowest BCUT2D eigenvalue weighted by atomic mass is 10.2. The topological polar surface area (TPSA) is 87.7 Å². The molecule has 0 bridgehead atoms. The molecule has 1 atom stereocenters. The van der Waals surface area contributed by atoms with Gasteiger partial charge in [0.1, 0.15) is 0 Å². The highest BCUT2D eigenvalue weighted by Crippen LogP contribution is 2.18. The number of anilines is 2. The van der Waals surface area contributed by atoms with Gasteiger partial charge in [0.05, 0.1) is 18.0 Å². The van der Waals surface area contributed by atoms with E-state index in [0.29, 0.717) is 24.5 Å². The van der Waals surface area contributed by atoms with Gasteiger partial charge < -0.3 is 15.0 Å². The standard InChI is InChI=1S/C16H25N3O4S/c1-3-9-19(12-15-8-5-10-23-15)16(20)17-13-6-4-7-14(11-13)18-24(2,21)22/h4,6-7,11,15,18H,3,5,8-10,12H2,1-2H3,(H,17,20)/t15-/m0/s1. The lowest BCUT2D eigenvalue weighted by Crippen LogP contribution is -2.40. The summed E-state index contributed by atoms with van der Waals surface area (Å²) in [6.45, 7) is 3.99. The van der Waals surface area contributed by atoms with E-state index >= 15 is 0 Å². The Morgan fingerprint density at radius 1 is 1.38 bits per heavy atom. The number of hydrogen-bond donors (Lipinski definition) is 2. The average molecular weight is 355 g/mol. The molecule has 8 heteroatoms. The zero-order chi connectivity index (χ0) is 17.6. The van der Waals surface area contributed by atoms with Crippen molar-refractivity contribution in [2.75, 3.05) is 36.0 Å². The van der Waals surface area contributed by atoms with Crippen molar-refractivity contribution in [3.63, 3.8) is 0 Å². The second-order valence-corrected chi connectivity index (χ2v) is 7.71. The van der Waals surface area contributed by atoms with E-state index in [4.69, 9.17) is 4.74 Å². The Kier molecular flexibility index (Phi) is 6.44. The summed E-state index contributed by atoms with van der Waals surface area (Å²) < 4.78 is 30.6. The van der Waals surface area contributed by atoms with E-state index in [-0.39, 0.29) is 12.1 Å². The molecule has 0 radical (unpaired) electrons. The maximum Gasteiger partial charge on any atom is 0.321 e. The third-order valence-corrected chi connectivity index (χ3v) is 4.25. The fourth-order valence-corrected chi connectivity index (χ4v) is 3.21. The molecule has 1 aliphatic heterocycles. The van der Waals surface area contributed by atoms with Crippen molar-refractivity contribution in [1.82, 2.24) is 4.90 Å². The van der Waals surface area contributed by atoms with Gasteiger partial charge in [-0.3, -0.25) is 4.72 Å². The zero-order valence-electron chi connectivity index (χ0n) is 14.1. The molecule has 2 N–H and O–H groups in total. The average Bonchev–Trinajstić information content (AvgIpc) is 2.98. The Hall–Kier alpha value is -1.80. The normalized spacial score (nSPS) is 17.5. The van der Waals surface area contributed by atoms with Crippen LogP contribution < -0.4 is 10.0 Å². The van der Waals surface area contributed by atoms with Gasteiger partial charge in [0, 0.05) is 25.4 Å². The van der Waals surface area contributed by atoms with Gasteiger partial charge >= 0.3 is 6.03 Å². The first kappa shape index (κ1) is 18.5. The van der Waals surface area contributed by atoms with Crippen molar-refractivity contribution >= 4 is 27.4 Å². The number of sulfonamides is 1. The van der Waals surface area contributed by atoms with Crippen molar-refractivity contribution in [2.24, 2.45) is 0 Å². The summed E-state index contributed by atoms with van der Waals surface area (Å²) in [5, 5.41) is 2.82. The van der Waals surface area contributed by atoms with Gasteiger partial charge in [0.15, 0.2) is 0 Å². The van der Waals surface area contributed by atoms with Crippen molar-refractivity contribution in [2.45, 2.75) is 32.3 Å². The number of carbonyl (C=O) groups excluding carboxylic acids is 1. The lowest BCUT2D eigenvalue weighted by Gasteiger charge is -2.25. The molecule has 0 spiro atoms.